The topological polar surface area (TPSA) is 114 Å². The number of nitrogens with zero attached hydrogens (tertiary/aromatic N) is 2. The number of nitriles is 1. The molecule has 110 valence electrons. The number of anilines is 1. The summed E-state index contributed by atoms with van der Waals surface area (Å²) in [7, 11) is 0. The summed E-state index contributed by atoms with van der Waals surface area (Å²) in [5, 5.41) is 30.3. The van der Waals surface area contributed by atoms with Gasteiger partial charge in [0, 0.05) is 13.0 Å². The lowest BCUT2D eigenvalue weighted by Gasteiger charge is -2.22. The van der Waals surface area contributed by atoms with Gasteiger partial charge in [0.15, 0.2) is 0 Å². The van der Waals surface area contributed by atoms with Crippen molar-refractivity contribution in [2.45, 2.75) is 25.5 Å². The number of rotatable bonds is 2. The molecule has 1 aliphatic heterocycles. The SMILES string of the molecule is Cc1cccc(NC(=O)N2CC(O)C[C@H]2C(=O)O)c1C#N. The van der Waals surface area contributed by atoms with Crippen molar-refractivity contribution >= 4 is 17.7 Å². The Bertz CT molecular complexity index is 623. The third kappa shape index (κ3) is 2.95. The number of carbonyl (C=O) groups is 2. The van der Waals surface area contributed by atoms with Crippen LogP contribution in [0.1, 0.15) is 17.5 Å². The van der Waals surface area contributed by atoms with Gasteiger partial charge in [0.2, 0.25) is 0 Å². The normalized spacial score (nSPS) is 20.9. The van der Waals surface area contributed by atoms with Crippen molar-refractivity contribution in [1.82, 2.24) is 4.90 Å². The minimum atomic E-state index is -1.16. The second-order valence-electron chi connectivity index (χ2n) is 4.94. The molecule has 1 unspecified atom stereocenters. The van der Waals surface area contributed by atoms with Crippen LogP contribution in [0.2, 0.25) is 0 Å². The van der Waals surface area contributed by atoms with Gasteiger partial charge in [0.05, 0.1) is 17.4 Å². The first-order chi connectivity index (χ1) is 9.93. The number of likely N-dealkylation sites (tertiary alicyclic amines) is 1. The maximum atomic E-state index is 12.2. The van der Waals surface area contributed by atoms with Crippen LogP contribution < -0.4 is 5.32 Å². The third-order valence-electron chi connectivity index (χ3n) is 3.45. The van der Waals surface area contributed by atoms with Crippen LogP contribution in [0.25, 0.3) is 0 Å². The van der Waals surface area contributed by atoms with Crippen molar-refractivity contribution in [3.8, 4) is 6.07 Å². The molecule has 1 saturated heterocycles. The molecule has 0 saturated carbocycles. The number of aliphatic hydroxyl groups excluding tert-OH is 1. The highest BCUT2D eigenvalue weighted by Crippen LogP contribution is 2.22. The maximum Gasteiger partial charge on any atom is 0.326 e. The number of carbonyl (C=O) groups excluding carboxylic acids is 1. The van der Waals surface area contributed by atoms with E-state index in [1.54, 1.807) is 25.1 Å². The number of hydrogen-bond donors (Lipinski definition) is 3. The summed E-state index contributed by atoms with van der Waals surface area (Å²) in [6.45, 7) is 1.70. The second kappa shape index (κ2) is 5.81. The summed E-state index contributed by atoms with van der Waals surface area (Å²) < 4.78 is 0. The zero-order valence-electron chi connectivity index (χ0n) is 11.4. The molecule has 0 aromatic heterocycles. The number of carboxylic acids is 1. The van der Waals surface area contributed by atoms with Crippen LogP contribution in [0.3, 0.4) is 0 Å². The first-order valence-electron chi connectivity index (χ1n) is 6.42. The fraction of sp³-hybridized carbons (Fsp3) is 0.357. The van der Waals surface area contributed by atoms with Crippen molar-refractivity contribution in [2.75, 3.05) is 11.9 Å². The van der Waals surface area contributed by atoms with Crippen molar-refractivity contribution in [3.05, 3.63) is 29.3 Å². The summed E-state index contributed by atoms with van der Waals surface area (Å²) in [4.78, 5) is 24.4. The first kappa shape index (κ1) is 14.8. The molecule has 7 heteroatoms. The molecule has 1 aliphatic rings. The minimum Gasteiger partial charge on any atom is -0.480 e. The van der Waals surface area contributed by atoms with E-state index in [0.29, 0.717) is 16.8 Å². The van der Waals surface area contributed by atoms with E-state index in [2.05, 4.69) is 5.32 Å². The number of carboxylic acid groups (broad SMARTS) is 1. The minimum absolute atomic E-state index is 0.00166. The number of β-amino-alcohol motifs (C(OH)–C–C–N with tert-alkyl or cyclic N) is 1. The van der Waals surface area contributed by atoms with E-state index in [1.807, 2.05) is 6.07 Å². The smallest absolute Gasteiger partial charge is 0.326 e. The molecular weight excluding hydrogens is 274 g/mol. The van der Waals surface area contributed by atoms with Crippen LogP contribution in [0.15, 0.2) is 18.2 Å². The van der Waals surface area contributed by atoms with Crippen LogP contribution in [0.4, 0.5) is 10.5 Å². The molecule has 0 aliphatic carbocycles. The zero-order chi connectivity index (χ0) is 15.6. The van der Waals surface area contributed by atoms with Gasteiger partial charge in [0.1, 0.15) is 12.1 Å². The van der Waals surface area contributed by atoms with Gasteiger partial charge in [-0.3, -0.25) is 0 Å². The van der Waals surface area contributed by atoms with Crippen LogP contribution in [0.5, 0.6) is 0 Å². The first-order valence-corrected chi connectivity index (χ1v) is 6.42. The monoisotopic (exact) mass is 289 g/mol. The molecule has 0 radical (unpaired) electrons. The number of nitrogens with one attached hydrogen (secondary N) is 1. The van der Waals surface area contributed by atoms with Crippen molar-refractivity contribution < 1.29 is 19.8 Å². The van der Waals surface area contributed by atoms with E-state index in [9.17, 15) is 14.7 Å². The predicted molar refractivity (Wildman–Crippen MR) is 73.7 cm³/mol. The molecule has 7 nitrogen and oxygen atoms in total. The third-order valence-corrected chi connectivity index (χ3v) is 3.45. The highest BCUT2D eigenvalue weighted by molar-refractivity contribution is 5.94. The Morgan fingerprint density at radius 1 is 1.48 bits per heavy atom. The number of urea groups is 1. The molecule has 1 aromatic rings. The molecule has 0 spiro atoms. The van der Waals surface area contributed by atoms with Crippen LogP contribution in [-0.4, -0.2) is 45.8 Å². The lowest BCUT2D eigenvalue weighted by molar-refractivity contribution is -0.141. The van der Waals surface area contributed by atoms with Gasteiger partial charge in [0.25, 0.3) is 0 Å². The number of aliphatic hydroxyl groups is 1. The van der Waals surface area contributed by atoms with Gasteiger partial charge in [-0.2, -0.15) is 5.26 Å². The van der Waals surface area contributed by atoms with E-state index < -0.39 is 24.1 Å². The van der Waals surface area contributed by atoms with E-state index in [0.717, 1.165) is 4.90 Å². The highest BCUT2D eigenvalue weighted by Gasteiger charge is 2.39. The number of benzene rings is 1. The lowest BCUT2D eigenvalue weighted by atomic mass is 10.1. The van der Waals surface area contributed by atoms with Crippen LogP contribution >= 0.6 is 0 Å². The van der Waals surface area contributed by atoms with Gasteiger partial charge in [-0.25, -0.2) is 9.59 Å². The fourth-order valence-corrected chi connectivity index (χ4v) is 2.38. The Morgan fingerprint density at radius 2 is 2.19 bits per heavy atom. The second-order valence-corrected chi connectivity index (χ2v) is 4.94. The number of hydrogen-bond acceptors (Lipinski definition) is 4. The van der Waals surface area contributed by atoms with Crippen molar-refractivity contribution in [2.24, 2.45) is 0 Å². The van der Waals surface area contributed by atoms with Crippen LogP contribution in [-0.2, 0) is 4.79 Å². The van der Waals surface area contributed by atoms with Crippen molar-refractivity contribution in [1.29, 1.82) is 5.26 Å². The average Bonchev–Trinajstić information content (AvgIpc) is 2.81. The summed E-state index contributed by atoms with van der Waals surface area (Å²) in [5.41, 5.74) is 1.37. The van der Waals surface area contributed by atoms with Gasteiger partial charge >= 0.3 is 12.0 Å². The Morgan fingerprint density at radius 3 is 2.81 bits per heavy atom. The Kier molecular flexibility index (Phi) is 4.10. The Labute approximate surface area is 121 Å². The average molecular weight is 289 g/mol. The van der Waals surface area contributed by atoms with E-state index in [-0.39, 0.29) is 13.0 Å². The molecule has 2 atom stereocenters. The maximum absolute atomic E-state index is 12.2. The lowest BCUT2D eigenvalue weighted by Crippen LogP contribution is -2.43. The van der Waals surface area contributed by atoms with Crippen molar-refractivity contribution in [3.63, 3.8) is 0 Å². The van der Waals surface area contributed by atoms with Crippen LogP contribution in [0, 0.1) is 18.3 Å². The van der Waals surface area contributed by atoms with Gasteiger partial charge in [-0.15, -0.1) is 0 Å². The van der Waals surface area contributed by atoms with E-state index in [1.165, 1.54) is 0 Å². The van der Waals surface area contributed by atoms with E-state index >= 15 is 0 Å². The molecule has 1 fully saturated rings. The summed E-state index contributed by atoms with van der Waals surface area (Å²) in [6.07, 6.45) is -0.855. The molecule has 2 rings (SSSR count). The summed E-state index contributed by atoms with van der Waals surface area (Å²) in [6, 6.07) is 5.32. The molecule has 0 bridgehead atoms. The summed E-state index contributed by atoms with van der Waals surface area (Å²) in [5.74, 6) is -1.16. The molecule has 2 amide bonds. The number of aliphatic carboxylic acids is 1. The van der Waals surface area contributed by atoms with E-state index in [4.69, 9.17) is 10.4 Å². The molecule has 3 N–H and O–H groups in total. The summed E-state index contributed by atoms with van der Waals surface area (Å²) >= 11 is 0. The van der Waals surface area contributed by atoms with Gasteiger partial charge < -0.3 is 20.4 Å². The molecule has 1 heterocycles. The highest BCUT2D eigenvalue weighted by atomic mass is 16.4. The van der Waals surface area contributed by atoms with Gasteiger partial charge in [-0.1, -0.05) is 12.1 Å². The largest absolute Gasteiger partial charge is 0.480 e. The predicted octanol–water partition coefficient (Wildman–Crippen LogP) is 0.918. The fourth-order valence-electron chi connectivity index (χ4n) is 2.38. The standard InChI is InChI=1S/C14H15N3O4/c1-8-3-2-4-11(10(8)6-15)16-14(21)17-7-9(18)5-12(17)13(19)20/h2-4,9,12,18H,5,7H2,1H3,(H,16,21)(H,19,20)/t9?,12-/m0/s1. The number of amides is 2. The Hall–Kier alpha value is -2.59. The number of aryl methyl sites for hydroxylation is 1. The molecule has 21 heavy (non-hydrogen) atoms. The quantitative estimate of drug-likeness (QED) is 0.749. The molecule has 1 aromatic carbocycles. The van der Waals surface area contributed by atoms with Gasteiger partial charge in [-0.05, 0) is 18.6 Å². The Balaban J connectivity index is 2.21. The zero-order valence-corrected chi connectivity index (χ0v) is 11.4. The molecular formula is C14H15N3O4.